The summed E-state index contributed by atoms with van der Waals surface area (Å²) in [5.41, 5.74) is 0.0527. The standard InChI is InChI=1S/C7H12O2.2C6H10O2.3C5H8O2.C4H6O3/c1-5-6(8)9-4-7(5,2)3;1-4-3-5(2)8-6(4)7;1-5-3-2-4-8-6(5)7;1-4-2-5(6)7-3-4;1-4-2-3-7-5(4)6;1-4-2-3-5(6)7-4;1-3-2-6-4(5)7-3/h5H,4H2,1-3H3;4-5H,3H2,1-2H3;5H,2-4H2,1H3;3*4H,2-3H2,1H3;3H,2H2,1H3. The van der Waals surface area contributed by atoms with E-state index in [-0.39, 0.29) is 83.2 Å². The third-order valence-corrected chi connectivity index (χ3v) is 9.01. The molecule has 0 aliphatic carbocycles. The topological polar surface area (TPSA) is 193 Å². The van der Waals surface area contributed by atoms with Gasteiger partial charge in [-0.1, -0.05) is 48.5 Å². The molecule has 8 unspecified atom stereocenters. The van der Waals surface area contributed by atoms with E-state index in [1.807, 2.05) is 62.3 Å². The van der Waals surface area contributed by atoms with Crippen LogP contribution < -0.4 is 0 Å². The Morgan fingerprint density at radius 1 is 0.528 bits per heavy atom. The van der Waals surface area contributed by atoms with E-state index < -0.39 is 6.16 Å². The summed E-state index contributed by atoms with van der Waals surface area (Å²) in [4.78, 5) is 72.7. The van der Waals surface area contributed by atoms with Crippen molar-refractivity contribution in [1.82, 2.24) is 0 Å². The molecule has 7 saturated heterocycles. The van der Waals surface area contributed by atoms with E-state index in [0.717, 1.165) is 32.1 Å². The van der Waals surface area contributed by atoms with Gasteiger partial charge < -0.3 is 37.9 Å². The maximum absolute atomic E-state index is 10.8. The first-order valence-electron chi connectivity index (χ1n) is 18.6. The number of cyclic esters (lactones) is 8. The fourth-order valence-corrected chi connectivity index (χ4v) is 4.92. The first-order chi connectivity index (χ1) is 24.7. The molecule has 7 heterocycles. The molecular formula is C38H62O15. The molecule has 15 nitrogen and oxygen atoms in total. The largest absolute Gasteiger partial charge is 0.508 e. The van der Waals surface area contributed by atoms with Crippen LogP contribution in [0.15, 0.2) is 0 Å². The molecule has 7 aliphatic heterocycles. The molecule has 0 amide bonds. The molecule has 7 aliphatic rings. The van der Waals surface area contributed by atoms with Crippen molar-refractivity contribution in [2.45, 2.75) is 132 Å². The number of hydrogen-bond donors (Lipinski definition) is 0. The van der Waals surface area contributed by atoms with E-state index in [1.165, 1.54) is 0 Å². The Labute approximate surface area is 313 Å². The third kappa shape index (κ3) is 19.7. The second kappa shape index (κ2) is 23.7. The highest BCUT2D eigenvalue weighted by Gasteiger charge is 2.39. The van der Waals surface area contributed by atoms with Gasteiger partial charge >= 0.3 is 42.0 Å². The molecule has 0 spiro atoms. The van der Waals surface area contributed by atoms with Gasteiger partial charge in [0.05, 0.1) is 68.7 Å². The monoisotopic (exact) mass is 758 g/mol. The average molecular weight is 759 g/mol. The number of rotatable bonds is 0. The SMILES string of the molecule is CC1C(=O)OCC1(C)C.CC1CC(C)C(=O)O1.CC1CCC(=O)O1.CC1CCCOC1=O.CC1CCOC1=O.CC1COC(=O)C1.CC1COC(=O)O1. The molecule has 0 aromatic heterocycles. The molecule has 0 saturated carbocycles. The van der Waals surface area contributed by atoms with Gasteiger partial charge in [-0.2, -0.15) is 0 Å². The Hall–Kier alpha value is -3.91. The second-order valence-electron chi connectivity index (χ2n) is 15.1. The van der Waals surface area contributed by atoms with Gasteiger partial charge in [0, 0.05) is 17.8 Å². The molecule has 8 atom stereocenters. The normalized spacial score (nSPS) is 31.5. The van der Waals surface area contributed by atoms with Gasteiger partial charge in [-0.25, -0.2) is 4.79 Å². The molecule has 304 valence electrons. The minimum absolute atomic E-state index is 0.0312. The Bertz CT molecular complexity index is 1150. The highest BCUT2D eigenvalue weighted by Crippen LogP contribution is 2.33. The number of ether oxygens (including phenoxy) is 8. The maximum atomic E-state index is 10.8. The summed E-state index contributed by atoms with van der Waals surface area (Å²) < 4.78 is 37.3. The molecule has 0 bridgehead atoms. The van der Waals surface area contributed by atoms with Crippen molar-refractivity contribution >= 4 is 42.0 Å². The minimum Gasteiger partial charge on any atom is -0.465 e. The smallest absolute Gasteiger partial charge is 0.465 e. The van der Waals surface area contributed by atoms with Crippen molar-refractivity contribution in [2.75, 3.05) is 33.0 Å². The summed E-state index contributed by atoms with van der Waals surface area (Å²) >= 11 is 0. The second-order valence-corrected chi connectivity index (χ2v) is 15.1. The predicted octanol–water partition coefficient (Wildman–Crippen LogP) is 5.52. The molecule has 53 heavy (non-hydrogen) atoms. The fourth-order valence-electron chi connectivity index (χ4n) is 4.92. The lowest BCUT2D eigenvalue weighted by molar-refractivity contribution is -0.152. The van der Waals surface area contributed by atoms with Gasteiger partial charge in [0.15, 0.2) is 0 Å². The van der Waals surface area contributed by atoms with Crippen LogP contribution in [0.25, 0.3) is 0 Å². The summed E-state index contributed by atoms with van der Waals surface area (Å²) in [5.74, 6) is 0.674. The molecule has 7 rings (SSSR count). The van der Waals surface area contributed by atoms with Crippen LogP contribution in [0.2, 0.25) is 0 Å². The fraction of sp³-hybridized carbons (Fsp3) is 0.816. The van der Waals surface area contributed by atoms with Gasteiger partial charge in [-0.05, 0) is 52.9 Å². The van der Waals surface area contributed by atoms with Crippen LogP contribution in [0.3, 0.4) is 0 Å². The first-order valence-corrected chi connectivity index (χ1v) is 18.6. The zero-order valence-electron chi connectivity index (χ0n) is 33.2. The van der Waals surface area contributed by atoms with Crippen LogP contribution >= 0.6 is 0 Å². The summed E-state index contributed by atoms with van der Waals surface area (Å²) in [7, 11) is 0. The Kier molecular flexibility index (Phi) is 21.1. The van der Waals surface area contributed by atoms with E-state index in [9.17, 15) is 33.6 Å². The first kappa shape index (κ1) is 47.1. The van der Waals surface area contributed by atoms with Crippen LogP contribution in [0.4, 0.5) is 4.79 Å². The third-order valence-electron chi connectivity index (χ3n) is 9.01. The van der Waals surface area contributed by atoms with E-state index >= 15 is 0 Å². The van der Waals surface area contributed by atoms with E-state index in [2.05, 4.69) is 18.9 Å². The maximum Gasteiger partial charge on any atom is 0.508 e. The molecule has 0 aromatic rings. The zero-order valence-corrected chi connectivity index (χ0v) is 33.2. The lowest BCUT2D eigenvalue weighted by Crippen LogP contribution is -2.20. The van der Waals surface area contributed by atoms with Crippen molar-refractivity contribution < 1.29 is 71.5 Å². The number of carbonyl (C=O) groups is 7. The van der Waals surface area contributed by atoms with Gasteiger partial charge in [0.25, 0.3) is 0 Å². The molecular weight excluding hydrogens is 696 g/mol. The highest BCUT2D eigenvalue weighted by atomic mass is 16.8. The summed E-state index contributed by atoms with van der Waals surface area (Å²) in [6.45, 7) is 22.2. The molecule has 0 N–H and O–H groups in total. The minimum atomic E-state index is -0.549. The van der Waals surface area contributed by atoms with Crippen molar-refractivity contribution in [2.24, 2.45) is 35.0 Å². The van der Waals surface area contributed by atoms with Crippen LogP contribution in [0.5, 0.6) is 0 Å². The quantitative estimate of drug-likeness (QED) is 0.221. The Morgan fingerprint density at radius 3 is 1.32 bits per heavy atom. The lowest BCUT2D eigenvalue weighted by Gasteiger charge is -2.16. The molecule has 0 aromatic carbocycles. The van der Waals surface area contributed by atoms with Crippen LogP contribution in [-0.4, -0.2) is 93.3 Å². The lowest BCUT2D eigenvalue weighted by atomic mass is 9.83. The number of esters is 6. The van der Waals surface area contributed by atoms with Crippen LogP contribution in [0, 0.1) is 35.0 Å². The predicted molar refractivity (Wildman–Crippen MR) is 189 cm³/mol. The van der Waals surface area contributed by atoms with Crippen LogP contribution in [-0.2, 0) is 66.7 Å². The van der Waals surface area contributed by atoms with Gasteiger partial charge in [0.1, 0.15) is 12.7 Å². The summed E-state index contributed by atoms with van der Waals surface area (Å²) in [6.07, 6.45) is 5.67. The highest BCUT2D eigenvalue weighted by molar-refractivity contribution is 5.75. The van der Waals surface area contributed by atoms with Crippen molar-refractivity contribution in [3.05, 3.63) is 0 Å². The Morgan fingerprint density at radius 2 is 1.15 bits per heavy atom. The number of carbonyl (C=O) groups excluding carboxylic acids is 7. The van der Waals surface area contributed by atoms with Gasteiger partial charge in [-0.15, -0.1) is 0 Å². The van der Waals surface area contributed by atoms with Crippen molar-refractivity contribution in [3.63, 3.8) is 0 Å². The molecule has 0 radical (unpaired) electrons. The van der Waals surface area contributed by atoms with E-state index in [0.29, 0.717) is 51.8 Å². The number of hydrogen-bond acceptors (Lipinski definition) is 15. The van der Waals surface area contributed by atoms with Crippen LogP contribution in [0.1, 0.15) is 114 Å². The van der Waals surface area contributed by atoms with Gasteiger partial charge in [0.2, 0.25) is 0 Å². The zero-order chi connectivity index (χ0) is 40.3. The van der Waals surface area contributed by atoms with Gasteiger partial charge in [-0.3, -0.25) is 28.8 Å². The Balaban J connectivity index is 0.000000310. The van der Waals surface area contributed by atoms with Crippen molar-refractivity contribution in [1.29, 1.82) is 0 Å². The van der Waals surface area contributed by atoms with Crippen molar-refractivity contribution in [3.8, 4) is 0 Å². The molecule has 15 heteroatoms. The average Bonchev–Trinajstić information content (AvgIpc) is 3.94. The summed E-state index contributed by atoms with van der Waals surface area (Å²) in [5, 5.41) is 0. The van der Waals surface area contributed by atoms with E-state index in [1.54, 1.807) is 6.92 Å². The molecule has 7 fully saturated rings. The summed E-state index contributed by atoms with van der Waals surface area (Å²) in [6, 6.07) is 0. The van der Waals surface area contributed by atoms with E-state index in [4.69, 9.17) is 18.9 Å².